The zero-order valence-corrected chi connectivity index (χ0v) is 22.2. The zero-order valence-electron chi connectivity index (χ0n) is 22.2. The Balaban J connectivity index is 1.43. The van der Waals surface area contributed by atoms with Gasteiger partial charge in [-0.05, 0) is 75.5 Å². The van der Waals surface area contributed by atoms with E-state index in [0.29, 0.717) is 35.9 Å². The molecule has 1 aliphatic heterocycles. The summed E-state index contributed by atoms with van der Waals surface area (Å²) in [5, 5.41) is 2.72. The Morgan fingerprint density at radius 2 is 2.00 bits per heavy atom. The third kappa shape index (κ3) is 5.79. The van der Waals surface area contributed by atoms with Crippen LogP contribution in [0.2, 0.25) is 0 Å². The molecule has 0 spiro atoms. The third-order valence-electron chi connectivity index (χ3n) is 6.93. The van der Waals surface area contributed by atoms with Crippen LogP contribution in [0.3, 0.4) is 0 Å². The number of amides is 1. The van der Waals surface area contributed by atoms with E-state index in [-0.39, 0.29) is 23.2 Å². The van der Waals surface area contributed by atoms with Gasteiger partial charge >= 0.3 is 6.18 Å². The van der Waals surface area contributed by atoms with Gasteiger partial charge < -0.3 is 24.3 Å². The summed E-state index contributed by atoms with van der Waals surface area (Å²) in [4.78, 5) is 25.7. The van der Waals surface area contributed by atoms with Crippen LogP contribution in [0.4, 0.5) is 24.5 Å². The normalized spacial score (nSPS) is 15.5. The Morgan fingerprint density at radius 3 is 2.70 bits per heavy atom. The van der Waals surface area contributed by atoms with Gasteiger partial charge in [0.15, 0.2) is 12.2 Å². The van der Waals surface area contributed by atoms with Crippen molar-refractivity contribution >= 4 is 17.3 Å². The molecule has 1 amide bonds. The smallest absolute Gasteiger partial charge is 0.416 e. The summed E-state index contributed by atoms with van der Waals surface area (Å²) in [5.41, 5.74) is 1.33. The second-order valence-electron chi connectivity index (χ2n) is 9.84. The van der Waals surface area contributed by atoms with Crippen molar-refractivity contribution in [3.05, 3.63) is 84.0 Å². The highest BCUT2D eigenvalue weighted by Gasteiger charge is 2.33. The van der Waals surface area contributed by atoms with Gasteiger partial charge in [0.05, 0.1) is 28.7 Å². The predicted octanol–water partition coefficient (Wildman–Crippen LogP) is 6.25. The Hall–Kier alpha value is -4.38. The molecule has 1 fully saturated rings. The molecule has 11 heteroatoms. The molecule has 2 aromatic carbocycles. The maximum atomic E-state index is 13.6. The number of likely N-dealkylation sites (N-methyl/N-ethyl adjacent to an activating group) is 1. The minimum atomic E-state index is -4.55. The fourth-order valence-corrected chi connectivity index (χ4v) is 4.63. The van der Waals surface area contributed by atoms with E-state index in [1.54, 1.807) is 30.5 Å². The van der Waals surface area contributed by atoms with Crippen molar-refractivity contribution in [3.63, 3.8) is 0 Å². The van der Waals surface area contributed by atoms with Crippen LogP contribution in [-0.2, 0) is 6.18 Å². The molecule has 0 bridgehead atoms. The van der Waals surface area contributed by atoms with E-state index in [1.165, 1.54) is 24.7 Å². The number of carbonyl (C=O) groups is 1. The van der Waals surface area contributed by atoms with Crippen molar-refractivity contribution < 1.29 is 27.1 Å². The fraction of sp³-hybridized carbons (Fsp3) is 0.276. The molecule has 0 unspecified atom stereocenters. The Morgan fingerprint density at radius 1 is 1.18 bits per heavy atom. The highest BCUT2D eigenvalue weighted by atomic mass is 19.4. The van der Waals surface area contributed by atoms with E-state index in [4.69, 9.17) is 9.15 Å². The highest BCUT2D eigenvalue weighted by molar-refractivity contribution is 6.06. The van der Waals surface area contributed by atoms with Crippen LogP contribution in [-0.4, -0.2) is 54.0 Å². The minimum absolute atomic E-state index is 0.0969. The van der Waals surface area contributed by atoms with Crippen LogP contribution in [0.25, 0.3) is 11.3 Å². The number of aromatic nitrogens is 2. The Kier molecular flexibility index (Phi) is 7.49. The van der Waals surface area contributed by atoms with Crippen LogP contribution in [0, 0.1) is 6.92 Å². The van der Waals surface area contributed by atoms with Gasteiger partial charge in [-0.1, -0.05) is 6.07 Å². The number of anilines is 2. The fourth-order valence-electron chi connectivity index (χ4n) is 4.63. The maximum Gasteiger partial charge on any atom is 0.416 e. The van der Waals surface area contributed by atoms with Gasteiger partial charge in [0, 0.05) is 30.9 Å². The average Bonchev–Trinajstić information content (AvgIpc) is 3.63. The van der Waals surface area contributed by atoms with Crippen molar-refractivity contribution in [1.82, 2.24) is 14.9 Å². The summed E-state index contributed by atoms with van der Waals surface area (Å²) in [6.07, 6.45) is 0.713. The summed E-state index contributed by atoms with van der Waals surface area (Å²) in [6, 6.07) is 12.1. The number of carbonyl (C=O) groups excluding carboxylic acids is 1. The van der Waals surface area contributed by atoms with E-state index in [1.807, 2.05) is 25.9 Å². The minimum Gasteiger partial charge on any atom is -0.443 e. The van der Waals surface area contributed by atoms with Crippen molar-refractivity contribution in [1.29, 1.82) is 0 Å². The second kappa shape index (κ2) is 11.0. The molecule has 1 N–H and O–H groups in total. The van der Waals surface area contributed by atoms with Crippen molar-refractivity contribution in [3.8, 4) is 23.0 Å². The number of rotatable bonds is 7. The monoisotopic (exact) mass is 551 g/mol. The molecular formula is C29H28F3N5O3. The maximum absolute atomic E-state index is 13.6. The van der Waals surface area contributed by atoms with Crippen LogP contribution in [0.5, 0.6) is 11.6 Å². The molecule has 8 nitrogen and oxygen atoms in total. The number of alkyl halides is 3. The number of benzene rings is 2. The number of ether oxygens (including phenoxy) is 1. The van der Waals surface area contributed by atoms with Gasteiger partial charge in [-0.15, -0.1) is 0 Å². The summed E-state index contributed by atoms with van der Waals surface area (Å²) >= 11 is 0. The predicted molar refractivity (Wildman–Crippen MR) is 145 cm³/mol. The van der Waals surface area contributed by atoms with E-state index in [9.17, 15) is 18.0 Å². The lowest BCUT2D eigenvalue weighted by Crippen LogP contribution is -2.31. The Labute approximate surface area is 229 Å². The molecule has 2 aromatic heterocycles. The first-order valence-corrected chi connectivity index (χ1v) is 12.7. The molecule has 208 valence electrons. The number of aryl methyl sites for hydroxylation is 1. The Bertz CT molecular complexity index is 1510. The lowest BCUT2D eigenvalue weighted by Gasteiger charge is -2.25. The lowest BCUT2D eigenvalue weighted by atomic mass is 10.1. The number of nitrogens with one attached hydrogen (secondary N) is 1. The largest absolute Gasteiger partial charge is 0.443 e. The molecule has 3 heterocycles. The first-order chi connectivity index (χ1) is 19.1. The highest BCUT2D eigenvalue weighted by Crippen LogP contribution is 2.38. The van der Waals surface area contributed by atoms with Crippen LogP contribution >= 0.6 is 0 Å². The van der Waals surface area contributed by atoms with Gasteiger partial charge in [0.1, 0.15) is 5.75 Å². The summed E-state index contributed by atoms with van der Waals surface area (Å²) in [5.74, 6) is 0.518. The van der Waals surface area contributed by atoms with Crippen molar-refractivity contribution in [2.45, 2.75) is 25.6 Å². The van der Waals surface area contributed by atoms with Gasteiger partial charge in [-0.25, -0.2) is 9.97 Å². The topological polar surface area (TPSA) is 83.7 Å². The molecule has 0 saturated carbocycles. The standard InChI is InChI=1S/C29H28F3N5O3/c1-18-6-7-19(13-25(18)40-28-22(5-4-11-34-28)26-15-33-17-39-26)27(38)35-23-14-20(29(30,31)32)8-9-24(23)37-12-10-21(16-37)36(2)3/h4-9,11,13-15,17,21H,10,12,16H2,1-3H3,(H,35,38)/t21-/m1/s1. The molecule has 4 aromatic rings. The van der Waals surface area contributed by atoms with Gasteiger partial charge in [0.2, 0.25) is 5.88 Å². The first-order valence-electron chi connectivity index (χ1n) is 12.7. The molecule has 0 radical (unpaired) electrons. The number of nitrogens with zero attached hydrogens (tertiary/aromatic N) is 4. The van der Waals surface area contributed by atoms with Gasteiger partial charge in [-0.3, -0.25) is 4.79 Å². The molecular weight excluding hydrogens is 523 g/mol. The third-order valence-corrected chi connectivity index (χ3v) is 6.93. The molecule has 1 saturated heterocycles. The van der Waals surface area contributed by atoms with Crippen molar-refractivity contribution in [2.75, 3.05) is 37.4 Å². The van der Waals surface area contributed by atoms with Crippen LogP contribution in [0.15, 0.2) is 71.7 Å². The number of hydrogen-bond donors (Lipinski definition) is 1. The van der Waals surface area contributed by atoms with E-state index >= 15 is 0 Å². The van der Waals surface area contributed by atoms with Crippen molar-refractivity contribution in [2.24, 2.45) is 0 Å². The van der Waals surface area contributed by atoms with Gasteiger partial charge in [0.25, 0.3) is 5.91 Å². The lowest BCUT2D eigenvalue weighted by molar-refractivity contribution is -0.137. The molecule has 0 aliphatic carbocycles. The summed E-state index contributed by atoms with van der Waals surface area (Å²) in [6.45, 7) is 3.12. The molecule has 1 aliphatic rings. The second-order valence-corrected chi connectivity index (χ2v) is 9.84. The quantitative estimate of drug-likeness (QED) is 0.291. The zero-order chi connectivity index (χ0) is 28.4. The number of oxazole rings is 1. The number of pyridine rings is 1. The van der Waals surface area contributed by atoms with Crippen LogP contribution in [0.1, 0.15) is 27.9 Å². The van der Waals surface area contributed by atoms with E-state index < -0.39 is 17.6 Å². The molecule has 40 heavy (non-hydrogen) atoms. The van der Waals surface area contributed by atoms with E-state index in [2.05, 4.69) is 20.2 Å². The average molecular weight is 552 g/mol. The van der Waals surface area contributed by atoms with Crippen LogP contribution < -0.4 is 15.0 Å². The molecule has 1 atom stereocenters. The molecule has 5 rings (SSSR count). The SMILES string of the molecule is Cc1ccc(C(=O)Nc2cc(C(F)(F)F)ccc2N2CC[C@@H](N(C)C)C2)cc1Oc1ncccc1-c1cnco1. The first kappa shape index (κ1) is 27.2. The summed E-state index contributed by atoms with van der Waals surface area (Å²) < 4.78 is 52.2. The number of halogens is 3. The number of hydrogen-bond acceptors (Lipinski definition) is 7. The van der Waals surface area contributed by atoms with Gasteiger partial charge in [-0.2, -0.15) is 13.2 Å². The van der Waals surface area contributed by atoms with E-state index in [0.717, 1.165) is 24.1 Å². The summed E-state index contributed by atoms with van der Waals surface area (Å²) in [7, 11) is 3.94.